The second kappa shape index (κ2) is 5.34. The Morgan fingerprint density at radius 2 is 2.21 bits per heavy atom. The van der Waals surface area contributed by atoms with Gasteiger partial charge >= 0.3 is 0 Å². The first-order valence-electron chi connectivity index (χ1n) is 6.52. The molecule has 3 rings (SSSR count). The average Bonchev–Trinajstić information content (AvgIpc) is 3.06. The Balaban J connectivity index is 1.67. The number of hydrogen-bond acceptors (Lipinski definition) is 5. The topological polar surface area (TPSA) is 74.6 Å². The van der Waals surface area contributed by atoms with Crippen molar-refractivity contribution in [3.8, 4) is 0 Å². The molecule has 2 aromatic heterocycles. The molecule has 0 saturated heterocycles. The van der Waals surface area contributed by atoms with Gasteiger partial charge in [-0.25, -0.2) is 4.98 Å². The van der Waals surface area contributed by atoms with E-state index in [9.17, 15) is 0 Å². The fraction of sp³-hybridized carbons (Fsp3) is 0.583. The van der Waals surface area contributed by atoms with Gasteiger partial charge in [0, 0.05) is 31.9 Å². The lowest BCUT2D eigenvalue weighted by molar-refractivity contribution is 0.703. The molecule has 1 saturated carbocycles. The van der Waals surface area contributed by atoms with Crippen LogP contribution in [0.15, 0.2) is 17.6 Å². The van der Waals surface area contributed by atoms with E-state index in [0.717, 1.165) is 29.0 Å². The fourth-order valence-corrected chi connectivity index (χ4v) is 2.97. The van der Waals surface area contributed by atoms with Crippen molar-refractivity contribution in [2.45, 2.75) is 36.2 Å². The number of nitrogens with zero attached hydrogens (tertiary/aromatic N) is 5. The molecule has 7 heteroatoms. The largest absolute Gasteiger partial charge is 0.331 e. The predicted molar refractivity (Wildman–Crippen MR) is 73.8 cm³/mol. The molecule has 2 heterocycles. The maximum absolute atomic E-state index is 5.55. The van der Waals surface area contributed by atoms with Gasteiger partial charge in [0.05, 0.1) is 5.75 Å². The van der Waals surface area contributed by atoms with Crippen molar-refractivity contribution < 1.29 is 0 Å². The highest BCUT2D eigenvalue weighted by Crippen LogP contribution is 2.36. The van der Waals surface area contributed by atoms with Crippen molar-refractivity contribution in [2.24, 2.45) is 12.8 Å². The lowest BCUT2D eigenvalue weighted by atomic mass is 10.4. The second-order valence-electron chi connectivity index (χ2n) is 4.77. The molecule has 1 aliphatic carbocycles. The molecule has 0 unspecified atom stereocenters. The van der Waals surface area contributed by atoms with Gasteiger partial charge in [0.15, 0.2) is 5.16 Å². The summed E-state index contributed by atoms with van der Waals surface area (Å²) in [5.74, 6) is 2.89. The first kappa shape index (κ1) is 12.7. The van der Waals surface area contributed by atoms with Gasteiger partial charge in [-0.2, -0.15) is 0 Å². The van der Waals surface area contributed by atoms with Crippen molar-refractivity contribution in [3.63, 3.8) is 0 Å². The van der Waals surface area contributed by atoms with Gasteiger partial charge in [-0.3, -0.25) is 0 Å². The molecule has 0 aromatic carbocycles. The number of aromatic nitrogens is 5. The summed E-state index contributed by atoms with van der Waals surface area (Å²) in [4.78, 5) is 4.43. The van der Waals surface area contributed by atoms with Crippen LogP contribution in [0.5, 0.6) is 0 Å². The van der Waals surface area contributed by atoms with Crippen LogP contribution in [0.2, 0.25) is 0 Å². The molecule has 0 bridgehead atoms. The molecular weight excluding hydrogens is 260 g/mol. The molecule has 19 heavy (non-hydrogen) atoms. The summed E-state index contributed by atoms with van der Waals surface area (Å²) in [5.41, 5.74) is 5.55. The summed E-state index contributed by atoms with van der Waals surface area (Å²) in [6.45, 7) is 0.600. The Morgan fingerprint density at radius 1 is 1.37 bits per heavy atom. The minimum atomic E-state index is 0.600. The second-order valence-corrected chi connectivity index (χ2v) is 5.71. The highest BCUT2D eigenvalue weighted by molar-refractivity contribution is 7.98. The summed E-state index contributed by atoms with van der Waals surface area (Å²) in [6, 6.07) is 0.672. The van der Waals surface area contributed by atoms with Crippen LogP contribution in [0.1, 0.15) is 30.5 Å². The zero-order valence-corrected chi connectivity index (χ0v) is 11.8. The van der Waals surface area contributed by atoms with Crippen LogP contribution in [-0.2, 0) is 19.2 Å². The normalized spacial score (nSPS) is 15.1. The van der Waals surface area contributed by atoms with Crippen LogP contribution < -0.4 is 5.73 Å². The van der Waals surface area contributed by atoms with Gasteiger partial charge in [-0.05, 0) is 19.4 Å². The molecule has 102 valence electrons. The first-order chi connectivity index (χ1) is 9.29. The monoisotopic (exact) mass is 278 g/mol. The van der Waals surface area contributed by atoms with Crippen LogP contribution in [0.3, 0.4) is 0 Å². The Kier molecular flexibility index (Phi) is 3.56. The van der Waals surface area contributed by atoms with Gasteiger partial charge in [-0.15, -0.1) is 10.2 Å². The van der Waals surface area contributed by atoms with Gasteiger partial charge in [-0.1, -0.05) is 11.8 Å². The van der Waals surface area contributed by atoms with Crippen LogP contribution >= 0.6 is 11.8 Å². The Bertz CT molecular complexity index is 556. The number of imidazole rings is 1. The lowest BCUT2D eigenvalue weighted by Crippen LogP contribution is -2.08. The minimum absolute atomic E-state index is 0.600. The predicted octanol–water partition coefficient (Wildman–Crippen LogP) is 1.14. The molecule has 0 aliphatic heterocycles. The van der Waals surface area contributed by atoms with Crippen LogP contribution in [0.25, 0.3) is 0 Å². The first-order valence-corrected chi connectivity index (χ1v) is 7.51. The van der Waals surface area contributed by atoms with Crippen molar-refractivity contribution in [1.29, 1.82) is 0 Å². The van der Waals surface area contributed by atoms with E-state index >= 15 is 0 Å². The third kappa shape index (κ3) is 2.66. The van der Waals surface area contributed by atoms with E-state index in [2.05, 4.69) is 25.9 Å². The third-order valence-corrected chi connectivity index (χ3v) is 4.33. The zero-order chi connectivity index (χ0) is 13.2. The molecule has 6 nitrogen and oxygen atoms in total. The van der Waals surface area contributed by atoms with Crippen LogP contribution in [-0.4, -0.2) is 30.9 Å². The van der Waals surface area contributed by atoms with E-state index in [-0.39, 0.29) is 0 Å². The quantitative estimate of drug-likeness (QED) is 0.802. The minimum Gasteiger partial charge on any atom is -0.331 e. The van der Waals surface area contributed by atoms with Gasteiger partial charge in [0.1, 0.15) is 11.6 Å². The molecule has 0 spiro atoms. The molecule has 0 amide bonds. The highest BCUT2D eigenvalue weighted by Gasteiger charge is 2.25. The molecule has 1 fully saturated rings. The summed E-state index contributed by atoms with van der Waals surface area (Å²) in [6.07, 6.45) is 7.27. The van der Waals surface area contributed by atoms with Crippen molar-refractivity contribution >= 4 is 11.8 Å². The van der Waals surface area contributed by atoms with Crippen molar-refractivity contribution in [1.82, 2.24) is 24.3 Å². The summed E-state index contributed by atoms with van der Waals surface area (Å²) in [5, 5.41) is 9.29. The van der Waals surface area contributed by atoms with Crippen LogP contribution in [0.4, 0.5) is 0 Å². The van der Waals surface area contributed by atoms with E-state index < -0.39 is 0 Å². The number of hydrogen-bond donors (Lipinski definition) is 1. The van der Waals surface area contributed by atoms with Gasteiger partial charge < -0.3 is 14.9 Å². The molecule has 0 radical (unpaired) electrons. The maximum Gasteiger partial charge on any atom is 0.191 e. The van der Waals surface area contributed by atoms with Gasteiger partial charge in [0.25, 0.3) is 0 Å². The SMILES string of the molecule is Cn1c(CCN)nnc1SCc1nccn1C1CC1. The molecular formula is C12H18N6S. The van der Waals surface area contributed by atoms with Crippen molar-refractivity contribution in [3.05, 3.63) is 24.0 Å². The molecule has 2 N–H and O–H groups in total. The maximum atomic E-state index is 5.55. The summed E-state index contributed by atoms with van der Waals surface area (Å²) in [7, 11) is 1.99. The average molecular weight is 278 g/mol. The molecule has 0 atom stereocenters. The van der Waals surface area contributed by atoms with E-state index in [1.54, 1.807) is 11.8 Å². The number of thioether (sulfide) groups is 1. The third-order valence-electron chi connectivity index (χ3n) is 3.31. The van der Waals surface area contributed by atoms with Gasteiger partial charge in [0.2, 0.25) is 0 Å². The summed E-state index contributed by atoms with van der Waals surface area (Å²) >= 11 is 1.68. The van der Waals surface area contributed by atoms with E-state index in [4.69, 9.17) is 5.73 Å². The van der Waals surface area contributed by atoms with Crippen molar-refractivity contribution in [2.75, 3.05) is 6.54 Å². The zero-order valence-electron chi connectivity index (χ0n) is 11.0. The fourth-order valence-electron chi connectivity index (χ4n) is 2.09. The lowest BCUT2D eigenvalue weighted by Gasteiger charge is -2.06. The van der Waals surface area contributed by atoms with Crippen LogP contribution in [0, 0.1) is 0 Å². The smallest absolute Gasteiger partial charge is 0.191 e. The standard InChI is InChI=1S/C12H18N6S/c1-17-10(4-5-13)15-16-12(17)19-8-11-14-6-7-18(11)9-2-3-9/h6-7,9H,2-5,8,13H2,1H3. The Labute approximate surface area is 116 Å². The Hall–Kier alpha value is -1.34. The van der Waals surface area contributed by atoms with E-state index in [1.807, 2.05) is 17.8 Å². The molecule has 1 aliphatic rings. The van der Waals surface area contributed by atoms with E-state index in [1.165, 1.54) is 12.8 Å². The van der Waals surface area contributed by atoms with E-state index in [0.29, 0.717) is 12.6 Å². The highest BCUT2D eigenvalue weighted by atomic mass is 32.2. The number of nitrogens with two attached hydrogens (primary N) is 1. The molecule has 2 aromatic rings. The Morgan fingerprint density at radius 3 is 2.95 bits per heavy atom. The summed E-state index contributed by atoms with van der Waals surface area (Å²) < 4.78 is 4.30. The number of rotatable bonds is 6.